The highest BCUT2D eigenvalue weighted by molar-refractivity contribution is 6.31. The normalized spacial score (nSPS) is 17.4. The average molecular weight is 290 g/mol. The second-order valence-corrected chi connectivity index (χ2v) is 5.14. The van der Waals surface area contributed by atoms with E-state index in [-0.39, 0.29) is 24.1 Å². The van der Waals surface area contributed by atoms with Crippen LogP contribution in [0.2, 0.25) is 5.02 Å². The van der Waals surface area contributed by atoms with Gasteiger partial charge in [-0.3, -0.25) is 4.79 Å². The number of hydrogen-bond donors (Lipinski definition) is 2. The highest BCUT2D eigenvalue weighted by Crippen LogP contribution is 2.42. The lowest BCUT2D eigenvalue weighted by Crippen LogP contribution is -2.21. The van der Waals surface area contributed by atoms with E-state index in [9.17, 15) is 9.90 Å². The fourth-order valence-corrected chi connectivity index (χ4v) is 2.76. The Morgan fingerprint density at radius 2 is 1.95 bits per heavy atom. The summed E-state index contributed by atoms with van der Waals surface area (Å²) in [5, 5.41) is 10.0. The number of carbonyl (C=O) groups is 1. The summed E-state index contributed by atoms with van der Waals surface area (Å²) in [4.78, 5) is 11.7. The zero-order valence-corrected chi connectivity index (χ0v) is 11.2. The van der Waals surface area contributed by atoms with Crippen LogP contribution in [-0.2, 0) is 4.79 Å². The number of benzene rings is 2. The lowest BCUT2D eigenvalue weighted by atomic mass is 9.86. The van der Waals surface area contributed by atoms with Crippen LogP contribution in [0.5, 0.6) is 11.5 Å². The van der Waals surface area contributed by atoms with E-state index in [1.54, 1.807) is 24.3 Å². The molecule has 5 heteroatoms. The van der Waals surface area contributed by atoms with Gasteiger partial charge >= 0.3 is 5.97 Å². The first kappa shape index (κ1) is 12.8. The number of phenolic OH excluding ortho intramolecular Hbond substituents is 1. The van der Waals surface area contributed by atoms with Gasteiger partial charge in [-0.25, -0.2) is 0 Å². The van der Waals surface area contributed by atoms with Gasteiger partial charge in [-0.1, -0.05) is 23.7 Å². The van der Waals surface area contributed by atoms with Crippen LogP contribution in [0.3, 0.4) is 0 Å². The molecule has 0 radical (unpaired) electrons. The predicted octanol–water partition coefficient (Wildman–Crippen LogP) is 3.07. The molecule has 0 amide bonds. The Morgan fingerprint density at radius 1 is 1.20 bits per heavy atom. The molecule has 0 bridgehead atoms. The number of nitrogen functional groups attached to an aromatic ring is 1. The zero-order chi connectivity index (χ0) is 14.3. The van der Waals surface area contributed by atoms with E-state index >= 15 is 0 Å². The monoisotopic (exact) mass is 289 g/mol. The smallest absolute Gasteiger partial charge is 0.312 e. The molecule has 0 aliphatic carbocycles. The van der Waals surface area contributed by atoms with Crippen LogP contribution in [0, 0.1) is 0 Å². The summed E-state index contributed by atoms with van der Waals surface area (Å²) in [6, 6.07) is 9.98. The first-order valence-electron chi connectivity index (χ1n) is 6.13. The quantitative estimate of drug-likeness (QED) is 0.481. The molecule has 1 aliphatic heterocycles. The Kier molecular flexibility index (Phi) is 3.03. The second kappa shape index (κ2) is 4.72. The van der Waals surface area contributed by atoms with Gasteiger partial charge in [-0.15, -0.1) is 0 Å². The van der Waals surface area contributed by atoms with Crippen LogP contribution in [-0.4, -0.2) is 11.1 Å². The zero-order valence-electron chi connectivity index (χ0n) is 10.5. The summed E-state index contributed by atoms with van der Waals surface area (Å²) in [7, 11) is 0. The molecule has 0 saturated carbocycles. The third kappa shape index (κ3) is 2.18. The Morgan fingerprint density at radius 3 is 2.70 bits per heavy atom. The van der Waals surface area contributed by atoms with Crippen LogP contribution in [0.1, 0.15) is 23.5 Å². The molecule has 3 rings (SSSR count). The molecule has 102 valence electrons. The van der Waals surface area contributed by atoms with Gasteiger partial charge in [0.1, 0.15) is 11.5 Å². The van der Waals surface area contributed by atoms with Gasteiger partial charge in [-0.2, -0.15) is 0 Å². The number of rotatable bonds is 1. The highest BCUT2D eigenvalue weighted by atomic mass is 35.5. The number of aromatic hydroxyl groups is 1. The van der Waals surface area contributed by atoms with E-state index in [0.29, 0.717) is 16.5 Å². The topological polar surface area (TPSA) is 72.6 Å². The number of halogens is 1. The Hall–Kier alpha value is -2.20. The standard InChI is InChI=1S/C15H12ClNO3/c16-13-5-8(17)1-3-10(13)12-7-15(19)20-14-6-9(18)2-4-11(12)14/h1-6,12,18H,7,17H2. The summed E-state index contributed by atoms with van der Waals surface area (Å²) in [6.45, 7) is 0. The van der Waals surface area contributed by atoms with E-state index in [4.69, 9.17) is 22.1 Å². The summed E-state index contributed by atoms with van der Waals surface area (Å²) in [5.74, 6) is -0.110. The van der Waals surface area contributed by atoms with Gasteiger partial charge < -0.3 is 15.6 Å². The summed E-state index contributed by atoms with van der Waals surface area (Å²) in [5.41, 5.74) is 7.91. The third-order valence-corrected chi connectivity index (χ3v) is 3.69. The lowest BCUT2D eigenvalue weighted by Gasteiger charge is -2.25. The maximum absolute atomic E-state index is 11.7. The maximum atomic E-state index is 11.7. The molecule has 4 nitrogen and oxygen atoms in total. The minimum absolute atomic E-state index is 0.0561. The Labute approximate surface area is 120 Å². The molecular formula is C15H12ClNO3. The van der Waals surface area contributed by atoms with Crippen molar-refractivity contribution < 1.29 is 14.6 Å². The molecule has 1 unspecified atom stereocenters. The number of anilines is 1. The van der Waals surface area contributed by atoms with Crippen molar-refractivity contribution in [1.29, 1.82) is 0 Å². The summed E-state index contributed by atoms with van der Waals surface area (Å²) >= 11 is 6.23. The lowest BCUT2D eigenvalue weighted by molar-refractivity contribution is -0.135. The molecule has 2 aromatic rings. The van der Waals surface area contributed by atoms with E-state index in [0.717, 1.165) is 11.1 Å². The van der Waals surface area contributed by atoms with Crippen molar-refractivity contribution >= 4 is 23.3 Å². The van der Waals surface area contributed by atoms with Gasteiger partial charge in [0.25, 0.3) is 0 Å². The molecule has 20 heavy (non-hydrogen) atoms. The van der Waals surface area contributed by atoms with E-state index in [1.807, 2.05) is 6.07 Å². The Bertz CT molecular complexity index is 700. The number of nitrogens with two attached hydrogens (primary N) is 1. The number of ether oxygens (including phenoxy) is 1. The van der Waals surface area contributed by atoms with Crippen LogP contribution in [0.25, 0.3) is 0 Å². The van der Waals surface area contributed by atoms with Crippen LogP contribution in [0.15, 0.2) is 36.4 Å². The fourth-order valence-electron chi connectivity index (χ4n) is 2.44. The molecule has 0 spiro atoms. The molecular weight excluding hydrogens is 278 g/mol. The number of fused-ring (bicyclic) bond motifs is 1. The third-order valence-electron chi connectivity index (χ3n) is 3.37. The largest absolute Gasteiger partial charge is 0.508 e. The highest BCUT2D eigenvalue weighted by Gasteiger charge is 2.29. The number of carbonyl (C=O) groups excluding carboxylic acids is 1. The van der Waals surface area contributed by atoms with Gasteiger partial charge in [0, 0.05) is 28.3 Å². The molecule has 3 N–H and O–H groups in total. The summed E-state index contributed by atoms with van der Waals surface area (Å²) in [6.07, 6.45) is 0.210. The van der Waals surface area contributed by atoms with Crippen molar-refractivity contribution in [1.82, 2.24) is 0 Å². The molecule has 1 atom stereocenters. The number of esters is 1. The first-order valence-corrected chi connectivity index (χ1v) is 6.51. The van der Waals surface area contributed by atoms with Crippen molar-refractivity contribution in [3.8, 4) is 11.5 Å². The van der Waals surface area contributed by atoms with Crippen molar-refractivity contribution in [2.45, 2.75) is 12.3 Å². The van der Waals surface area contributed by atoms with Crippen molar-refractivity contribution in [3.05, 3.63) is 52.5 Å². The number of phenols is 1. The molecule has 0 aromatic heterocycles. The van der Waals surface area contributed by atoms with Gasteiger partial charge in [0.05, 0.1) is 6.42 Å². The van der Waals surface area contributed by atoms with Crippen molar-refractivity contribution in [2.24, 2.45) is 0 Å². The molecule has 0 saturated heterocycles. The van der Waals surface area contributed by atoms with Gasteiger partial charge in [0.2, 0.25) is 0 Å². The van der Waals surface area contributed by atoms with E-state index < -0.39 is 0 Å². The van der Waals surface area contributed by atoms with Crippen LogP contribution < -0.4 is 10.5 Å². The van der Waals surface area contributed by atoms with Crippen molar-refractivity contribution in [2.75, 3.05) is 5.73 Å². The Balaban J connectivity index is 2.13. The van der Waals surface area contributed by atoms with Crippen molar-refractivity contribution in [3.63, 3.8) is 0 Å². The summed E-state index contributed by atoms with van der Waals surface area (Å²) < 4.78 is 5.16. The van der Waals surface area contributed by atoms with Gasteiger partial charge in [-0.05, 0) is 23.8 Å². The fraction of sp³-hybridized carbons (Fsp3) is 0.133. The average Bonchev–Trinajstić information content (AvgIpc) is 2.37. The minimum Gasteiger partial charge on any atom is -0.508 e. The van der Waals surface area contributed by atoms with Gasteiger partial charge in [0.15, 0.2) is 0 Å². The first-order chi connectivity index (χ1) is 9.54. The number of hydrogen-bond acceptors (Lipinski definition) is 4. The SMILES string of the molecule is Nc1ccc(C2CC(=O)Oc3cc(O)ccc32)c(Cl)c1. The van der Waals surface area contributed by atoms with Crippen LogP contribution >= 0.6 is 11.6 Å². The molecule has 1 heterocycles. The second-order valence-electron chi connectivity index (χ2n) is 4.73. The van der Waals surface area contributed by atoms with E-state index in [1.165, 1.54) is 6.07 Å². The van der Waals surface area contributed by atoms with Crippen LogP contribution in [0.4, 0.5) is 5.69 Å². The molecule has 0 fully saturated rings. The molecule has 2 aromatic carbocycles. The maximum Gasteiger partial charge on any atom is 0.312 e. The van der Waals surface area contributed by atoms with E-state index in [2.05, 4.69) is 0 Å². The molecule has 1 aliphatic rings. The predicted molar refractivity (Wildman–Crippen MR) is 76.1 cm³/mol. The minimum atomic E-state index is -0.346.